The standard InChI is InChI=1S/C17H24N2O5/c1-10-9-24-13(8-15(21)22)16(10)17(23)19-12(7-14(18)20)11-5-3-2-4-6-11/h9,11-12H,2-8H2,1H3,(H2,18,20)(H,19,23)(H,21,22). The Morgan fingerprint density at radius 1 is 1.33 bits per heavy atom. The first-order valence-electron chi connectivity index (χ1n) is 8.26. The lowest BCUT2D eigenvalue weighted by Gasteiger charge is -2.30. The van der Waals surface area contributed by atoms with E-state index in [4.69, 9.17) is 15.3 Å². The number of primary amides is 1. The van der Waals surface area contributed by atoms with Gasteiger partial charge in [0.05, 0.1) is 11.8 Å². The minimum Gasteiger partial charge on any atom is -0.481 e. The van der Waals surface area contributed by atoms with E-state index >= 15 is 0 Å². The van der Waals surface area contributed by atoms with E-state index in [9.17, 15) is 14.4 Å². The summed E-state index contributed by atoms with van der Waals surface area (Å²) in [5, 5.41) is 11.8. The Balaban J connectivity index is 2.16. The van der Waals surface area contributed by atoms with Crippen LogP contribution in [-0.2, 0) is 16.0 Å². The minimum atomic E-state index is -1.07. The van der Waals surface area contributed by atoms with Crippen molar-refractivity contribution >= 4 is 17.8 Å². The number of carbonyl (C=O) groups excluding carboxylic acids is 2. The lowest BCUT2D eigenvalue weighted by Crippen LogP contribution is -2.43. The first-order chi connectivity index (χ1) is 11.4. The number of aliphatic carboxylic acids is 1. The van der Waals surface area contributed by atoms with Gasteiger partial charge in [0.1, 0.15) is 12.2 Å². The highest BCUT2D eigenvalue weighted by Crippen LogP contribution is 2.28. The Hall–Kier alpha value is -2.31. The van der Waals surface area contributed by atoms with Crippen molar-refractivity contribution in [3.05, 3.63) is 23.2 Å². The van der Waals surface area contributed by atoms with E-state index in [1.807, 2.05) is 0 Å². The van der Waals surface area contributed by atoms with Gasteiger partial charge in [-0.1, -0.05) is 19.3 Å². The average molecular weight is 336 g/mol. The maximum Gasteiger partial charge on any atom is 0.311 e. The van der Waals surface area contributed by atoms with Gasteiger partial charge in [-0.05, 0) is 25.7 Å². The van der Waals surface area contributed by atoms with Gasteiger partial charge in [-0.3, -0.25) is 14.4 Å². The van der Waals surface area contributed by atoms with E-state index in [1.54, 1.807) is 6.92 Å². The monoisotopic (exact) mass is 336 g/mol. The molecule has 1 aromatic heterocycles. The molecule has 0 saturated heterocycles. The summed E-state index contributed by atoms with van der Waals surface area (Å²) in [5.74, 6) is -1.60. The molecule has 0 aliphatic heterocycles. The Labute approximate surface area is 140 Å². The molecular weight excluding hydrogens is 312 g/mol. The van der Waals surface area contributed by atoms with Crippen molar-refractivity contribution in [2.24, 2.45) is 11.7 Å². The van der Waals surface area contributed by atoms with Crippen molar-refractivity contribution in [2.45, 2.75) is 57.9 Å². The highest BCUT2D eigenvalue weighted by molar-refractivity contribution is 5.97. The zero-order valence-corrected chi connectivity index (χ0v) is 13.8. The predicted octanol–water partition coefficient (Wildman–Crippen LogP) is 1.77. The van der Waals surface area contributed by atoms with Crippen LogP contribution in [0.3, 0.4) is 0 Å². The molecule has 4 N–H and O–H groups in total. The van der Waals surface area contributed by atoms with Crippen molar-refractivity contribution in [2.75, 3.05) is 0 Å². The number of carboxylic acids is 1. The van der Waals surface area contributed by atoms with Crippen LogP contribution < -0.4 is 11.1 Å². The topological polar surface area (TPSA) is 123 Å². The number of nitrogens with one attached hydrogen (secondary N) is 1. The Morgan fingerprint density at radius 2 is 2.00 bits per heavy atom. The summed E-state index contributed by atoms with van der Waals surface area (Å²) in [6.07, 6.45) is 6.31. The molecule has 1 atom stereocenters. The summed E-state index contributed by atoms with van der Waals surface area (Å²) in [7, 11) is 0. The number of hydrogen-bond donors (Lipinski definition) is 3. The maximum atomic E-state index is 12.6. The van der Waals surface area contributed by atoms with Gasteiger partial charge in [0.15, 0.2) is 0 Å². The van der Waals surface area contributed by atoms with Crippen LogP contribution in [0.15, 0.2) is 10.7 Å². The van der Waals surface area contributed by atoms with Crippen LogP contribution in [0, 0.1) is 12.8 Å². The third kappa shape index (κ3) is 4.59. The summed E-state index contributed by atoms with van der Waals surface area (Å²) >= 11 is 0. The van der Waals surface area contributed by atoms with Crippen LogP contribution in [0.2, 0.25) is 0 Å². The zero-order chi connectivity index (χ0) is 17.7. The number of carboxylic acid groups (broad SMARTS) is 1. The van der Waals surface area contributed by atoms with E-state index in [0.717, 1.165) is 32.1 Å². The second-order valence-corrected chi connectivity index (χ2v) is 6.44. The molecule has 0 bridgehead atoms. The van der Waals surface area contributed by atoms with Crippen molar-refractivity contribution in [1.82, 2.24) is 5.32 Å². The van der Waals surface area contributed by atoms with E-state index < -0.39 is 17.8 Å². The third-order valence-electron chi connectivity index (χ3n) is 4.55. The molecule has 7 nitrogen and oxygen atoms in total. The quantitative estimate of drug-likeness (QED) is 0.700. The van der Waals surface area contributed by atoms with Gasteiger partial charge in [0.25, 0.3) is 5.91 Å². The summed E-state index contributed by atoms with van der Waals surface area (Å²) in [6.45, 7) is 1.69. The molecule has 2 rings (SSSR count). The Bertz CT molecular complexity index is 616. The largest absolute Gasteiger partial charge is 0.481 e. The second kappa shape index (κ2) is 7.99. The molecule has 0 aromatic carbocycles. The first kappa shape index (κ1) is 18.0. The molecule has 1 heterocycles. The number of aryl methyl sites for hydroxylation is 1. The lowest BCUT2D eigenvalue weighted by atomic mass is 9.82. The maximum absolute atomic E-state index is 12.6. The van der Waals surface area contributed by atoms with E-state index in [-0.39, 0.29) is 36.1 Å². The predicted molar refractivity (Wildman–Crippen MR) is 86.4 cm³/mol. The van der Waals surface area contributed by atoms with Crippen LogP contribution in [0.5, 0.6) is 0 Å². The molecule has 7 heteroatoms. The zero-order valence-electron chi connectivity index (χ0n) is 13.8. The molecule has 2 amide bonds. The van der Waals surface area contributed by atoms with Gasteiger partial charge in [0.2, 0.25) is 5.91 Å². The minimum absolute atomic E-state index is 0.0849. The van der Waals surface area contributed by atoms with Crippen molar-refractivity contribution in [3.63, 3.8) is 0 Å². The Morgan fingerprint density at radius 3 is 2.58 bits per heavy atom. The third-order valence-corrected chi connectivity index (χ3v) is 4.55. The first-order valence-corrected chi connectivity index (χ1v) is 8.26. The van der Waals surface area contributed by atoms with Crippen molar-refractivity contribution < 1.29 is 23.9 Å². The van der Waals surface area contributed by atoms with E-state index in [2.05, 4.69) is 5.32 Å². The van der Waals surface area contributed by atoms with Crippen LogP contribution in [0.25, 0.3) is 0 Å². The highest BCUT2D eigenvalue weighted by Gasteiger charge is 2.29. The fraction of sp³-hybridized carbons (Fsp3) is 0.588. The number of nitrogens with two attached hydrogens (primary N) is 1. The smallest absolute Gasteiger partial charge is 0.311 e. The highest BCUT2D eigenvalue weighted by atomic mass is 16.4. The fourth-order valence-corrected chi connectivity index (χ4v) is 3.40. The van der Waals surface area contributed by atoms with Crippen LogP contribution in [-0.4, -0.2) is 28.9 Å². The van der Waals surface area contributed by atoms with Gasteiger partial charge in [0, 0.05) is 18.0 Å². The normalized spacial score (nSPS) is 16.5. The van der Waals surface area contributed by atoms with E-state index in [0.29, 0.717) is 5.56 Å². The second-order valence-electron chi connectivity index (χ2n) is 6.44. The van der Waals surface area contributed by atoms with Gasteiger partial charge < -0.3 is 20.6 Å². The molecule has 1 unspecified atom stereocenters. The van der Waals surface area contributed by atoms with E-state index in [1.165, 1.54) is 6.26 Å². The van der Waals surface area contributed by atoms with Crippen LogP contribution >= 0.6 is 0 Å². The van der Waals surface area contributed by atoms with Gasteiger partial charge in [-0.15, -0.1) is 0 Å². The summed E-state index contributed by atoms with van der Waals surface area (Å²) in [4.78, 5) is 34.9. The molecular formula is C17H24N2O5. The molecule has 1 aromatic rings. The number of hydrogen-bond acceptors (Lipinski definition) is 4. The number of amides is 2. The molecule has 24 heavy (non-hydrogen) atoms. The van der Waals surface area contributed by atoms with Gasteiger partial charge >= 0.3 is 5.97 Å². The van der Waals surface area contributed by atoms with Crippen LogP contribution in [0.4, 0.5) is 0 Å². The molecule has 132 valence electrons. The summed E-state index contributed by atoms with van der Waals surface area (Å²) in [5.41, 5.74) is 6.15. The number of furan rings is 1. The molecule has 0 radical (unpaired) electrons. The molecule has 1 saturated carbocycles. The lowest BCUT2D eigenvalue weighted by molar-refractivity contribution is -0.136. The van der Waals surface area contributed by atoms with Crippen molar-refractivity contribution in [3.8, 4) is 0 Å². The molecule has 1 aliphatic carbocycles. The average Bonchev–Trinajstić information content (AvgIpc) is 2.87. The summed E-state index contributed by atoms with van der Waals surface area (Å²) in [6, 6.07) is -0.331. The number of rotatable bonds is 7. The fourth-order valence-electron chi connectivity index (χ4n) is 3.40. The van der Waals surface area contributed by atoms with Crippen LogP contribution in [0.1, 0.15) is 60.2 Å². The SMILES string of the molecule is Cc1coc(CC(=O)O)c1C(=O)NC(CC(N)=O)C1CCCCC1. The van der Waals surface area contributed by atoms with Crippen molar-refractivity contribution in [1.29, 1.82) is 0 Å². The van der Waals surface area contributed by atoms with Gasteiger partial charge in [-0.25, -0.2) is 0 Å². The Kier molecular flexibility index (Phi) is 6.00. The summed E-state index contributed by atoms with van der Waals surface area (Å²) < 4.78 is 5.20. The molecule has 0 spiro atoms. The number of carbonyl (C=O) groups is 3. The molecule has 1 fully saturated rings. The van der Waals surface area contributed by atoms with Gasteiger partial charge in [-0.2, -0.15) is 0 Å². The molecule has 1 aliphatic rings.